The molecule has 0 radical (unpaired) electrons. The van der Waals surface area contributed by atoms with Crippen molar-refractivity contribution in [2.24, 2.45) is 4.99 Å². The van der Waals surface area contributed by atoms with Crippen LogP contribution in [0.2, 0.25) is 5.02 Å². The van der Waals surface area contributed by atoms with Gasteiger partial charge in [0.15, 0.2) is 5.96 Å². The fourth-order valence-electron chi connectivity index (χ4n) is 3.46. The Labute approximate surface area is 201 Å². The van der Waals surface area contributed by atoms with E-state index in [1.54, 1.807) is 19.0 Å². The third-order valence-corrected chi connectivity index (χ3v) is 5.92. The zero-order chi connectivity index (χ0) is 20.7. The molecule has 9 heteroatoms. The number of hydrogen-bond acceptors (Lipinski definition) is 4. The summed E-state index contributed by atoms with van der Waals surface area (Å²) in [4.78, 5) is 20.4. The van der Waals surface area contributed by atoms with Gasteiger partial charge in [-0.1, -0.05) is 29.8 Å². The van der Waals surface area contributed by atoms with Gasteiger partial charge in [0.05, 0.1) is 13.2 Å². The van der Waals surface area contributed by atoms with Crippen molar-refractivity contribution in [1.29, 1.82) is 0 Å². The minimum Gasteiger partial charge on any atom is -0.379 e. The van der Waals surface area contributed by atoms with Crippen LogP contribution < -0.4 is 10.6 Å². The van der Waals surface area contributed by atoms with E-state index in [-0.39, 0.29) is 41.8 Å². The van der Waals surface area contributed by atoms with E-state index in [0.717, 1.165) is 63.8 Å². The molecule has 1 aromatic rings. The second-order valence-corrected chi connectivity index (χ2v) is 8.35. The van der Waals surface area contributed by atoms with Crippen LogP contribution in [0.5, 0.6) is 0 Å². The highest BCUT2D eigenvalue weighted by molar-refractivity contribution is 14.0. The Morgan fingerprint density at radius 1 is 1.23 bits per heavy atom. The molecular formula is C21H33ClIN5O2. The van der Waals surface area contributed by atoms with E-state index in [4.69, 9.17) is 16.3 Å². The summed E-state index contributed by atoms with van der Waals surface area (Å²) in [6.07, 6.45) is 2.20. The molecule has 1 amide bonds. The Hall–Kier alpha value is -1.10. The number of benzene rings is 1. The molecule has 1 heterocycles. The first kappa shape index (κ1) is 25.2. The van der Waals surface area contributed by atoms with Gasteiger partial charge in [0.25, 0.3) is 0 Å². The number of nitrogens with one attached hydrogen (secondary N) is 2. The van der Waals surface area contributed by atoms with Gasteiger partial charge in [-0.2, -0.15) is 0 Å². The Bertz CT molecular complexity index is 721. The SMILES string of the molecule is CN(C)C(=O)CN=C(NCCN1CCOCC1)NCC1(c2ccccc2Cl)CC1.I. The first-order valence-electron chi connectivity index (χ1n) is 10.3. The molecule has 1 saturated heterocycles. The van der Waals surface area contributed by atoms with E-state index in [1.165, 1.54) is 5.56 Å². The molecule has 0 aromatic heterocycles. The summed E-state index contributed by atoms with van der Waals surface area (Å²) >= 11 is 6.43. The lowest BCUT2D eigenvalue weighted by Crippen LogP contribution is -2.46. The Balaban J connectivity index is 0.00000320. The molecule has 0 atom stereocenters. The first-order chi connectivity index (χ1) is 14.0. The number of halogens is 2. The molecule has 1 saturated carbocycles. The molecule has 2 aliphatic rings. The summed E-state index contributed by atoms with van der Waals surface area (Å²) in [6.45, 7) is 6.04. The van der Waals surface area contributed by atoms with Crippen LogP contribution in [0.4, 0.5) is 0 Å². The molecule has 2 fully saturated rings. The maximum absolute atomic E-state index is 12.0. The third kappa shape index (κ3) is 7.25. The second kappa shape index (κ2) is 12.1. The van der Waals surface area contributed by atoms with E-state index in [2.05, 4.69) is 26.6 Å². The Morgan fingerprint density at radius 3 is 2.57 bits per heavy atom. The van der Waals surface area contributed by atoms with Gasteiger partial charge in [-0.3, -0.25) is 9.69 Å². The summed E-state index contributed by atoms with van der Waals surface area (Å²) in [6, 6.07) is 8.05. The van der Waals surface area contributed by atoms with Crippen LogP contribution in [0.3, 0.4) is 0 Å². The van der Waals surface area contributed by atoms with Gasteiger partial charge in [-0.25, -0.2) is 4.99 Å². The van der Waals surface area contributed by atoms with Crippen molar-refractivity contribution in [3.8, 4) is 0 Å². The van der Waals surface area contributed by atoms with Crippen LogP contribution in [0, 0.1) is 0 Å². The average Bonchev–Trinajstić information content (AvgIpc) is 3.51. The first-order valence-corrected chi connectivity index (χ1v) is 10.7. The number of amides is 1. The highest BCUT2D eigenvalue weighted by Crippen LogP contribution is 2.49. The van der Waals surface area contributed by atoms with Crippen molar-refractivity contribution >= 4 is 47.4 Å². The van der Waals surface area contributed by atoms with Gasteiger partial charge in [-0.05, 0) is 24.5 Å². The number of guanidine groups is 1. The van der Waals surface area contributed by atoms with Crippen molar-refractivity contribution in [1.82, 2.24) is 20.4 Å². The fraction of sp³-hybridized carbons (Fsp3) is 0.619. The van der Waals surface area contributed by atoms with Crippen LogP contribution in [-0.4, -0.2) is 88.2 Å². The number of nitrogens with zero attached hydrogens (tertiary/aromatic N) is 3. The lowest BCUT2D eigenvalue weighted by Gasteiger charge is -2.27. The van der Waals surface area contributed by atoms with Gasteiger partial charge >= 0.3 is 0 Å². The number of hydrogen-bond donors (Lipinski definition) is 2. The number of ether oxygens (including phenoxy) is 1. The van der Waals surface area contributed by atoms with Crippen LogP contribution in [-0.2, 0) is 14.9 Å². The standard InChI is InChI=1S/C21H32ClN5O2.HI/c1-26(2)19(28)15-24-20(23-9-10-27-11-13-29-14-12-27)25-16-21(7-8-21)17-5-3-4-6-18(17)22;/h3-6H,7-16H2,1-2H3,(H2,23,24,25);1H. The van der Waals surface area contributed by atoms with E-state index < -0.39 is 0 Å². The predicted molar refractivity (Wildman–Crippen MR) is 132 cm³/mol. The quantitative estimate of drug-likeness (QED) is 0.295. The van der Waals surface area contributed by atoms with Crippen LogP contribution >= 0.6 is 35.6 Å². The zero-order valence-electron chi connectivity index (χ0n) is 17.8. The monoisotopic (exact) mass is 549 g/mol. The molecule has 0 spiro atoms. The second-order valence-electron chi connectivity index (χ2n) is 7.95. The molecule has 0 unspecified atom stereocenters. The largest absolute Gasteiger partial charge is 0.379 e. The summed E-state index contributed by atoms with van der Waals surface area (Å²) in [7, 11) is 3.49. The minimum atomic E-state index is -0.0217. The van der Waals surface area contributed by atoms with Crippen LogP contribution in [0.25, 0.3) is 0 Å². The lowest BCUT2D eigenvalue weighted by atomic mass is 9.96. The summed E-state index contributed by atoms with van der Waals surface area (Å²) < 4.78 is 5.40. The van der Waals surface area contributed by atoms with E-state index in [0.29, 0.717) is 5.96 Å². The van der Waals surface area contributed by atoms with Gasteiger partial charge in [0.2, 0.25) is 5.91 Å². The molecule has 1 aliphatic carbocycles. The average molecular weight is 550 g/mol. The molecule has 168 valence electrons. The maximum Gasteiger partial charge on any atom is 0.243 e. The van der Waals surface area contributed by atoms with Crippen molar-refractivity contribution in [3.05, 3.63) is 34.9 Å². The maximum atomic E-state index is 12.0. The molecule has 3 rings (SSSR count). The summed E-state index contributed by atoms with van der Waals surface area (Å²) in [5.74, 6) is 0.651. The molecule has 1 aromatic carbocycles. The lowest BCUT2D eigenvalue weighted by molar-refractivity contribution is -0.127. The zero-order valence-corrected chi connectivity index (χ0v) is 20.9. The molecule has 1 aliphatic heterocycles. The smallest absolute Gasteiger partial charge is 0.243 e. The number of morpholine rings is 1. The van der Waals surface area contributed by atoms with E-state index in [1.807, 2.05) is 18.2 Å². The molecule has 7 nitrogen and oxygen atoms in total. The van der Waals surface area contributed by atoms with Crippen LogP contribution in [0.1, 0.15) is 18.4 Å². The van der Waals surface area contributed by atoms with Crippen LogP contribution in [0.15, 0.2) is 29.3 Å². The summed E-state index contributed by atoms with van der Waals surface area (Å²) in [5.41, 5.74) is 1.24. The number of likely N-dealkylation sites (N-methyl/N-ethyl adjacent to an activating group) is 1. The predicted octanol–water partition coefficient (Wildman–Crippen LogP) is 1.95. The third-order valence-electron chi connectivity index (χ3n) is 5.59. The highest BCUT2D eigenvalue weighted by Gasteiger charge is 2.45. The Kier molecular flexibility index (Phi) is 10.1. The highest BCUT2D eigenvalue weighted by atomic mass is 127. The van der Waals surface area contributed by atoms with Gasteiger partial charge < -0.3 is 20.3 Å². The van der Waals surface area contributed by atoms with Gasteiger partial charge in [0.1, 0.15) is 6.54 Å². The topological polar surface area (TPSA) is 69.2 Å². The van der Waals surface area contributed by atoms with E-state index >= 15 is 0 Å². The fourth-order valence-corrected chi connectivity index (χ4v) is 3.79. The number of carbonyl (C=O) groups is 1. The number of rotatable bonds is 8. The minimum absolute atomic E-state index is 0. The molecule has 0 bridgehead atoms. The van der Waals surface area contributed by atoms with Crippen molar-refractivity contribution in [3.63, 3.8) is 0 Å². The molecule has 2 N–H and O–H groups in total. The number of carbonyl (C=O) groups excluding carboxylic acids is 1. The Morgan fingerprint density at radius 2 is 1.93 bits per heavy atom. The normalized spacial score (nSPS) is 18.3. The summed E-state index contributed by atoms with van der Waals surface area (Å²) in [5, 5.41) is 7.64. The van der Waals surface area contributed by atoms with Gasteiger partial charge in [-0.15, -0.1) is 24.0 Å². The van der Waals surface area contributed by atoms with Crippen molar-refractivity contribution in [2.75, 3.05) is 66.6 Å². The van der Waals surface area contributed by atoms with Crippen molar-refractivity contribution < 1.29 is 9.53 Å². The van der Waals surface area contributed by atoms with Gasteiger partial charge in [0, 0.05) is 57.3 Å². The number of aliphatic imine (C=N–C) groups is 1. The molecular weight excluding hydrogens is 517 g/mol. The van der Waals surface area contributed by atoms with E-state index in [9.17, 15) is 4.79 Å². The molecule has 30 heavy (non-hydrogen) atoms. The van der Waals surface area contributed by atoms with Crippen molar-refractivity contribution in [2.45, 2.75) is 18.3 Å².